The van der Waals surface area contributed by atoms with Crippen LogP contribution in [0.25, 0.3) is 11.2 Å². The van der Waals surface area contributed by atoms with Gasteiger partial charge in [-0.15, -0.1) is 0 Å². The van der Waals surface area contributed by atoms with Gasteiger partial charge in [0.05, 0.1) is 25.6 Å². The maximum atomic E-state index is 13.8. The third-order valence-electron chi connectivity index (χ3n) is 9.38. The zero-order chi connectivity index (χ0) is 42.1. The summed E-state index contributed by atoms with van der Waals surface area (Å²) in [5.74, 6) is -1.07. The van der Waals surface area contributed by atoms with Crippen molar-refractivity contribution in [2.75, 3.05) is 25.1 Å². The van der Waals surface area contributed by atoms with Crippen LogP contribution in [0.3, 0.4) is 0 Å². The molecule has 3 aromatic heterocycles. The number of benzene rings is 1. The zero-order valence-electron chi connectivity index (χ0n) is 31.8. The summed E-state index contributed by atoms with van der Waals surface area (Å²) >= 11 is 9.55. The average Bonchev–Trinajstić information content (AvgIpc) is 3.84. The van der Waals surface area contributed by atoms with E-state index >= 15 is 0 Å². The smallest absolute Gasteiger partial charge is 0.407 e. The van der Waals surface area contributed by atoms with Crippen molar-refractivity contribution in [3.63, 3.8) is 0 Å². The molecule has 5 N–H and O–H groups in total. The van der Waals surface area contributed by atoms with Gasteiger partial charge in [-0.25, -0.2) is 24.3 Å². The summed E-state index contributed by atoms with van der Waals surface area (Å²) in [4.78, 5) is 69.1. The van der Waals surface area contributed by atoms with E-state index in [9.17, 15) is 28.9 Å². The highest BCUT2D eigenvalue weighted by molar-refractivity contribution is 8.44. The second-order valence-electron chi connectivity index (χ2n) is 14.8. The fraction of sp³-hybridized carbons (Fsp3) is 0.500. The minimum absolute atomic E-state index is 0.110. The van der Waals surface area contributed by atoms with Crippen LogP contribution >= 0.6 is 25.8 Å². The predicted octanol–water partition coefficient (Wildman–Crippen LogP) is 3.42. The molecule has 2 unspecified atom stereocenters. The molecular weight excluding hydrogens is 854 g/mol. The van der Waals surface area contributed by atoms with Gasteiger partial charge in [-0.1, -0.05) is 30.4 Å². The Hall–Kier alpha value is -3.86. The van der Waals surface area contributed by atoms with Gasteiger partial charge < -0.3 is 43.1 Å². The molecule has 0 radical (unpaired) electrons. The summed E-state index contributed by atoms with van der Waals surface area (Å²) in [6.07, 6.45) is -2.58. The fourth-order valence-electron chi connectivity index (χ4n) is 6.81. The minimum atomic E-state index is -4.30. The van der Waals surface area contributed by atoms with E-state index in [1.807, 2.05) is 0 Å². The lowest BCUT2D eigenvalue weighted by molar-refractivity contribution is -0.0502. The van der Waals surface area contributed by atoms with Crippen LogP contribution in [0.15, 0.2) is 54.0 Å². The molecule has 21 nitrogen and oxygen atoms in total. The zero-order valence-corrected chi connectivity index (χ0v) is 35.3. The highest BCUT2D eigenvalue weighted by Crippen LogP contribution is 2.58. The molecule has 0 spiro atoms. The number of aliphatic hydroxyl groups excluding tert-OH is 1. The molecule has 318 valence electrons. The molecule has 25 heteroatoms. The van der Waals surface area contributed by atoms with Crippen LogP contribution in [0.2, 0.25) is 0 Å². The summed E-state index contributed by atoms with van der Waals surface area (Å²) in [7, 11) is 0. The highest BCUT2D eigenvalue weighted by Gasteiger charge is 2.51. The molecule has 1 saturated carbocycles. The van der Waals surface area contributed by atoms with Crippen LogP contribution in [0, 0.1) is 5.92 Å². The van der Waals surface area contributed by atoms with Crippen molar-refractivity contribution in [3.8, 4) is 5.88 Å². The van der Waals surface area contributed by atoms with E-state index in [1.165, 1.54) is 23.4 Å². The van der Waals surface area contributed by atoms with Gasteiger partial charge in [0.15, 0.2) is 17.4 Å². The maximum absolute atomic E-state index is 13.8. The SMILES string of the molecule is CC(C)(C)OC(=O)NCCc1ccccc1C(=O)Nc1nc2c(ncn2[C@@H]2O[C@@H]3COP(O)(=S)O[C@H]4C[C@H](Oc5ccncn5)C[C@@H]4COP(=O)(S)O[C@@H]2[C@@H]3O)c(=O)[nH]1. The van der Waals surface area contributed by atoms with Crippen molar-refractivity contribution in [2.45, 2.75) is 82.4 Å². The lowest BCUT2D eigenvalue weighted by Gasteiger charge is -2.27. The number of alkyl carbamates (subject to hydrolysis) is 1. The summed E-state index contributed by atoms with van der Waals surface area (Å²) in [5.41, 5.74) is -0.851. The van der Waals surface area contributed by atoms with Crippen molar-refractivity contribution in [3.05, 3.63) is 70.7 Å². The molecule has 5 heterocycles. The largest absolute Gasteiger partial charge is 0.474 e. The first-order valence-electron chi connectivity index (χ1n) is 18.3. The lowest BCUT2D eigenvalue weighted by atomic mass is 10.0. The Balaban J connectivity index is 1.10. The second kappa shape index (κ2) is 17.6. The standard InChI is InChI=1S/C34H42N8O13P2S2/c1-34(2,3)53-33(46)36-11-8-18-6-4-5-7-21(18)29(44)40-32-39-28-25(30(45)41-32)38-17-42(28)31-27-26(43)23(52-31)15-50-56(47,58)54-22-13-20(51-24-9-10-35-16-37-24)12-19(22)14-49-57(48,59)55-27/h4-7,9-10,16-17,19-20,22-23,26-27,31,43H,8,11-15H2,1-3H3,(H,36,46)(H,47,58)(H,48,59)(H2,39,40,41,44,45)/t19-,20-,22+,23-,26-,27-,31-,56?,57?/m1/s1. The van der Waals surface area contributed by atoms with Crippen LogP contribution in [0.1, 0.15) is 55.8 Å². The molecule has 3 aliphatic rings. The third kappa shape index (κ3) is 10.7. The van der Waals surface area contributed by atoms with E-state index in [0.717, 1.165) is 0 Å². The minimum Gasteiger partial charge on any atom is -0.474 e. The fourth-order valence-corrected chi connectivity index (χ4v) is 9.83. The molecule has 9 atom stereocenters. The Labute approximate surface area is 346 Å². The molecule has 1 aliphatic carbocycles. The van der Waals surface area contributed by atoms with Crippen molar-refractivity contribution in [2.24, 2.45) is 5.92 Å². The first-order valence-corrected chi connectivity index (χ1v) is 23.6. The number of carbonyl (C=O) groups is 2. The van der Waals surface area contributed by atoms with Crippen LogP contribution in [-0.4, -0.2) is 107 Å². The Kier molecular flexibility index (Phi) is 12.9. The molecule has 2 bridgehead atoms. The average molecular weight is 897 g/mol. The first kappa shape index (κ1) is 43.2. The molecule has 4 aromatic rings. The first-order chi connectivity index (χ1) is 27.9. The van der Waals surface area contributed by atoms with Crippen molar-refractivity contribution < 1.29 is 56.5 Å². The van der Waals surface area contributed by atoms with Crippen molar-refractivity contribution in [1.82, 2.24) is 34.8 Å². The van der Waals surface area contributed by atoms with Gasteiger partial charge in [-0.2, -0.15) is 4.98 Å². The van der Waals surface area contributed by atoms with Gasteiger partial charge in [0, 0.05) is 36.7 Å². The van der Waals surface area contributed by atoms with Crippen LogP contribution in [0.5, 0.6) is 5.88 Å². The normalized spacial score (nSPS) is 30.0. The predicted molar refractivity (Wildman–Crippen MR) is 214 cm³/mol. The van der Waals surface area contributed by atoms with Crippen LogP contribution in [-0.2, 0) is 50.4 Å². The number of aliphatic hydroxyl groups is 1. The number of anilines is 1. The van der Waals surface area contributed by atoms with E-state index in [0.29, 0.717) is 17.9 Å². The number of imidazole rings is 1. The van der Waals surface area contributed by atoms with Gasteiger partial charge in [0.25, 0.3) is 11.5 Å². The number of hydrogen-bond donors (Lipinski definition) is 6. The Morgan fingerprint density at radius 2 is 1.92 bits per heavy atom. The quantitative estimate of drug-likeness (QED) is 0.109. The highest BCUT2D eigenvalue weighted by atomic mass is 32.7. The Morgan fingerprint density at radius 3 is 2.68 bits per heavy atom. The summed E-state index contributed by atoms with van der Waals surface area (Å²) < 4.78 is 55.6. The molecule has 2 aliphatic heterocycles. The molecule has 2 saturated heterocycles. The monoisotopic (exact) mass is 896 g/mol. The second-order valence-corrected chi connectivity index (χ2v) is 20.5. The van der Waals surface area contributed by atoms with Crippen molar-refractivity contribution in [1.29, 1.82) is 0 Å². The van der Waals surface area contributed by atoms with E-state index < -0.39 is 85.9 Å². The topological polar surface area (TPSA) is 270 Å². The molecule has 1 aromatic carbocycles. The number of H-pyrrole nitrogens is 1. The number of ether oxygens (including phenoxy) is 3. The van der Waals surface area contributed by atoms with Crippen LogP contribution < -0.4 is 20.9 Å². The summed E-state index contributed by atoms with van der Waals surface area (Å²) in [5, 5.41) is 16.7. The van der Waals surface area contributed by atoms with E-state index in [4.69, 9.17) is 44.1 Å². The molecule has 3 fully saturated rings. The number of carbonyl (C=O) groups excluding carboxylic acids is 2. The van der Waals surface area contributed by atoms with E-state index in [2.05, 4.69) is 47.8 Å². The van der Waals surface area contributed by atoms with Gasteiger partial charge in [-0.3, -0.25) is 29.0 Å². The third-order valence-corrected chi connectivity index (χ3v) is 12.6. The number of aromatic amines is 1. The van der Waals surface area contributed by atoms with E-state index in [1.54, 1.807) is 51.1 Å². The number of nitrogens with one attached hydrogen (secondary N) is 3. The van der Waals surface area contributed by atoms with Gasteiger partial charge in [0.2, 0.25) is 11.8 Å². The molecule has 2 amide bonds. The van der Waals surface area contributed by atoms with E-state index in [-0.39, 0.29) is 48.7 Å². The molecule has 59 heavy (non-hydrogen) atoms. The number of amides is 2. The molecular formula is C34H42N8O13P2S2. The van der Waals surface area contributed by atoms with Gasteiger partial charge >= 0.3 is 19.6 Å². The van der Waals surface area contributed by atoms with Gasteiger partial charge in [0.1, 0.15) is 36.3 Å². The number of aromatic nitrogens is 6. The summed E-state index contributed by atoms with van der Waals surface area (Å²) in [6.45, 7) is -3.59. The Bertz CT molecular complexity index is 2330. The number of rotatable bonds is 8. The number of fused-ring (bicyclic) bond motifs is 4. The lowest BCUT2D eigenvalue weighted by Crippen LogP contribution is -2.35. The maximum Gasteiger partial charge on any atom is 0.407 e. The van der Waals surface area contributed by atoms with Crippen LogP contribution in [0.4, 0.5) is 10.7 Å². The summed E-state index contributed by atoms with van der Waals surface area (Å²) in [6, 6.07) is 8.27. The molecule has 7 rings (SSSR count). The number of nitrogens with zero attached hydrogens (tertiary/aromatic N) is 5. The number of thiol groups is 1. The van der Waals surface area contributed by atoms with Gasteiger partial charge in [-0.05, 0) is 57.0 Å². The number of hydrogen-bond acceptors (Lipinski definition) is 17. The van der Waals surface area contributed by atoms with Crippen molar-refractivity contribution >= 4 is 66.7 Å². The Morgan fingerprint density at radius 1 is 1.12 bits per heavy atom.